The Kier molecular flexibility index (Phi) is 3.31. The summed E-state index contributed by atoms with van der Waals surface area (Å²) in [7, 11) is 0. The van der Waals surface area contributed by atoms with Crippen molar-refractivity contribution in [1.29, 1.82) is 0 Å². The lowest BCUT2D eigenvalue weighted by molar-refractivity contribution is 0.661. The van der Waals surface area contributed by atoms with Crippen LogP contribution in [-0.2, 0) is 5.41 Å². The molecule has 32 heavy (non-hydrogen) atoms. The van der Waals surface area contributed by atoms with E-state index in [0.29, 0.717) is 5.95 Å². The first-order valence-corrected chi connectivity index (χ1v) is 10.9. The van der Waals surface area contributed by atoms with Crippen molar-refractivity contribution in [3.05, 3.63) is 96.6 Å². The number of aromatic nitrogens is 4. The smallest absolute Gasteiger partial charge is 0.237 e. The van der Waals surface area contributed by atoms with E-state index in [9.17, 15) is 0 Å². The molecule has 2 heterocycles. The van der Waals surface area contributed by atoms with Crippen molar-refractivity contribution >= 4 is 32.6 Å². The maximum atomic E-state index is 4.47. The Hall–Kier alpha value is -4.05. The minimum Gasteiger partial charge on any atom is -0.278 e. The van der Waals surface area contributed by atoms with Crippen molar-refractivity contribution in [3.63, 3.8) is 0 Å². The van der Waals surface area contributed by atoms with Gasteiger partial charge in [0.25, 0.3) is 0 Å². The molecule has 0 amide bonds. The molecule has 0 atom stereocenters. The summed E-state index contributed by atoms with van der Waals surface area (Å²) in [6, 6.07) is 26.5. The van der Waals surface area contributed by atoms with E-state index in [1.54, 1.807) is 12.7 Å². The molecule has 0 saturated heterocycles. The van der Waals surface area contributed by atoms with Crippen LogP contribution in [0.15, 0.2) is 85.5 Å². The summed E-state index contributed by atoms with van der Waals surface area (Å²) in [5.41, 5.74) is 7.52. The lowest BCUT2D eigenvalue weighted by Crippen LogP contribution is -2.15. The standard InChI is InChI=1S/C28H20N4/c1-28(2)23-12-18-8-4-3-7-17(18)11-20(23)21-13-22-19-9-5-6-10-25(19)32(26(22)14-24(21)28)27-30-15-29-16-31-27/h3-16H,1-2H3. The van der Waals surface area contributed by atoms with Crippen molar-refractivity contribution in [2.45, 2.75) is 19.3 Å². The Morgan fingerprint density at radius 3 is 2.12 bits per heavy atom. The average Bonchev–Trinajstić information content (AvgIpc) is 3.26. The van der Waals surface area contributed by atoms with Gasteiger partial charge in [0.15, 0.2) is 0 Å². The quantitative estimate of drug-likeness (QED) is 0.313. The highest BCUT2D eigenvalue weighted by Crippen LogP contribution is 2.51. The molecule has 0 radical (unpaired) electrons. The largest absolute Gasteiger partial charge is 0.278 e. The van der Waals surface area contributed by atoms with Crippen LogP contribution in [0.3, 0.4) is 0 Å². The normalized spacial score (nSPS) is 14.2. The Morgan fingerprint density at radius 2 is 1.31 bits per heavy atom. The highest BCUT2D eigenvalue weighted by atomic mass is 15.2. The SMILES string of the molecule is CC1(C)c2cc3ccccc3cc2-c2cc3c4ccccc4n(-c4ncncn4)c3cc21. The molecule has 1 aliphatic carbocycles. The van der Waals surface area contributed by atoms with Crippen LogP contribution in [0.4, 0.5) is 0 Å². The number of para-hydroxylation sites is 1. The third kappa shape index (κ3) is 2.19. The fourth-order valence-corrected chi connectivity index (χ4v) is 5.44. The van der Waals surface area contributed by atoms with E-state index in [0.717, 1.165) is 11.0 Å². The Bertz CT molecular complexity index is 1690. The van der Waals surface area contributed by atoms with Gasteiger partial charge >= 0.3 is 0 Å². The van der Waals surface area contributed by atoms with Crippen LogP contribution in [0.5, 0.6) is 0 Å². The van der Waals surface area contributed by atoms with Gasteiger partial charge in [-0.2, -0.15) is 0 Å². The molecule has 152 valence electrons. The summed E-state index contributed by atoms with van der Waals surface area (Å²) >= 11 is 0. The van der Waals surface area contributed by atoms with Gasteiger partial charge in [0.1, 0.15) is 12.7 Å². The Labute approximate surface area is 185 Å². The summed E-state index contributed by atoms with van der Waals surface area (Å²) < 4.78 is 2.15. The van der Waals surface area contributed by atoms with Gasteiger partial charge in [-0.05, 0) is 63.4 Å². The second-order valence-corrected chi connectivity index (χ2v) is 9.08. The van der Waals surface area contributed by atoms with Crippen LogP contribution in [-0.4, -0.2) is 19.5 Å². The number of hydrogen-bond acceptors (Lipinski definition) is 3. The maximum Gasteiger partial charge on any atom is 0.237 e. The first-order valence-electron chi connectivity index (χ1n) is 10.9. The molecule has 0 unspecified atom stereocenters. The number of nitrogens with zero attached hydrogens (tertiary/aromatic N) is 4. The minimum atomic E-state index is -0.0940. The van der Waals surface area contributed by atoms with E-state index in [4.69, 9.17) is 0 Å². The molecule has 4 aromatic carbocycles. The zero-order chi connectivity index (χ0) is 21.4. The topological polar surface area (TPSA) is 43.6 Å². The van der Waals surface area contributed by atoms with Crippen molar-refractivity contribution in [1.82, 2.24) is 19.5 Å². The molecule has 0 saturated carbocycles. The average molecular weight is 412 g/mol. The molecule has 4 nitrogen and oxygen atoms in total. The fourth-order valence-electron chi connectivity index (χ4n) is 5.44. The number of rotatable bonds is 1. The Morgan fingerprint density at radius 1 is 0.656 bits per heavy atom. The molecule has 0 bridgehead atoms. The van der Waals surface area contributed by atoms with Gasteiger partial charge in [0.2, 0.25) is 5.95 Å². The van der Waals surface area contributed by atoms with Crippen molar-refractivity contribution < 1.29 is 0 Å². The van der Waals surface area contributed by atoms with E-state index in [2.05, 4.69) is 106 Å². The molecule has 4 heteroatoms. The van der Waals surface area contributed by atoms with Gasteiger partial charge in [-0.25, -0.2) is 15.0 Å². The number of hydrogen-bond donors (Lipinski definition) is 0. The molecule has 0 spiro atoms. The van der Waals surface area contributed by atoms with Crippen LogP contribution in [0.25, 0.3) is 49.7 Å². The second-order valence-electron chi connectivity index (χ2n) is 9.08. The van der Waals surface area contributed by atoms with Crippen LogP contribution in [0.1, 0.15) is 25.0 Å². The van der Waals surface area contributed by atoms with Crippen LogP contribution < -0.4 is 0 Å². The highest BCUT2D eigenvalue weighted by molar-refractivity contribution is 6.11. The zero-order valence-electron chi connectivity index (χ0n) is 17.9. The van der Waals surface area contributed by atoms with E-state index in [-0.39, 0.29) is 5.41 Å². The molecular weight excluding hydrogens is 392 g/mol. The molecule has 0 fully saturated rings. The van der Waals surface area contributed by atoms with Crippen molar-refractivity contribution in [2.24, 2.45) is 0 Å². The molecule has 0 N–H and O–H groups in total. The van der Waals surface area contributed by atoms with E-state index in [1.807, 2.05) is 0 Å². The predicted molar refractivity (Wildman–Crippen MR) is 129 cm³/mol. The monoisotopic (exact) mass is 412 g/mol. The first-order chi connectivity index (χ1) is 15.6. The lowest BCUT2D eigenvalue weighted by atomic mass is 9.81. The summed E-state index contributed by atoms with van der Waals surface area (Å²) in [4.78, 5) is 13.0. The van der Waals surface area contributed by atoms with E-state index >= 15 is 0 Å². The van der Waals surface area contributed by atoms with E-state index < -0.39 is 0 Å². The van der Waals surface area contributed by atoms with Crippen molar-refractivity contribution in [2.75, 3.05) is 0 Å². The highest BCUT2D eigenvalue weighted by Gasteiger charge is 2.36. The molecule has 0 aliphatic heterocycles. The van der Waals surface area contributed by atoms with Crippen LogP contribution in [0.2, 0.25) is 0 Å². The first kappa shape index (κ1) is 17.6. The summed E-state index contributed by atoms with van der Waals surface area (Å²) in [6.07, 6.45) is 3.11. The summed E-state index contributed by atoms with van der Waals surface area (Å²) in [6.45, 7) is 4.66. The van der Waals surface area contributed by atoms with Crippen LogP contribution in [0, 0.1) is 0 Å². The van der Waals surface area contributed by atoms with Crippen LogP contribution >= 0.6 is 0 Å². The van der Waals surface area contributed by atoms with Gasteiger partial charge < -0.3 is 0 Å². The third-order valence-electron chi connectivity index (χ3n) is 7.01. The van der Waals surface area contributed by atoms with Gasteiger partial charge in [-0.15, -0.1) is 0 Å². The fraction of sp³-hybridized carbons (Fsp3) is 0.107. The van der Waals surface area contributed by atoms with Gasteiger partial charge in [0, 0.05) is 16.2 Å². The van der Waals surface area contributed by atoms with Gasteiger partial charge in [0.05, 0.1) is 11.0 Å². The summed E-state index contributed by atoms with van der Waals surface area (Å²) in [5.74, 6) is 0.644. The molecular formula is C28H20N4. The maximum absolute atomic E-state index is 4.47. The second kappa shape index (κ2) is 6.01. The third-order valence-corrected chi connectivity index (χ3v) is 7.01. The summed E-state index contributed by atoms with van der Waals surface area (Å²) in [5, 5.41) is 4.99. The molecule has 1 aliphatic rings. The van der Waals surface area contributed by atoms with Gasteiger partial charge in [-0.1, -0.05) is 56.3 Å². The number of fused-ring (bicyclic) bond motifs is 7. The minimum absolute atomic E-state index is 0.0940. The molecule has 7 rings (SSSR count). The predicted octanol–water partition coefficient (Wildman–Crippen LogP) is 6.43. The van der Waals surface area contributed by atoms with Gasteiger partial charge in [-0.3, -0.25) is 4.57 Å². The van der Waals surface area contributed by atoms with E-state index in [1.165, 1.54) is 43.8 Å². The zero-order valence-corrected chi connectivity index (χ0v) is 17.9. The Balaban J connectivity index is 1.62. The number of benzene rings is 4. The molecule has 2 aromatic heterocycles. The van der Waals surface area contributed by atoms with Crippen molar-refractivity contribution in [3.8, 4) is 17.1 Å². The molecule has 6 aromatic rings. The lowest BCUT2D eigenvalue weighted by Gasteiger charge is -2.22.